The molecule has 6 nitrogen and oxygen atoms in total. The van der Waals surface area contributed by atoms with Gasteiger partial charge in [-0.05, 0) is 19.4 Å². The number of nitrogens with two attached hydrogens (primary N) is 1. The van der Waals surface area contributed by atoms with Crippen LogP contribution in [0.4, 0.5) is 5.69 Å². The molecule has 2 rings (SSSR count). The Labute approximate surface area is 108 Å². The molecular formula is C11H12N4O2S. The van der Waals surface area contributed by atoms with Crippen LogP contribution in [0.25, 0.3) is 10.6 Å². The number of rotatable bonds is 3. The Morgan fingerprint density at radius 3 is 2.72 bits per heavy atom. The third-order valence-electron chi connectivity index (χ3n) is 2.49. The highest BCUT2D eigenvalue weighted by Crippen LogP contribution is 2.35. The largest absolute Gasteiger partial charge is 0.322 e. The van der Waals surface area contributed by atoms with Gasteiger partial charge in [-0.3, -0.25) is 10.1 Å². The van der Waals surface area contributed by atoms with Crippen LogP contribution in [-0.2, 0) is 0 Å². The molecule has 1 aromatic carbocycles. The van der Waals surface area contributed by atoms with E-state index < -0.39 is 4.92 Å². The highest BCUT2D eigenvalue weighted by Gasteiger charge is 2.21. The Hall–Kier alpha value is -1.86. The summed E-state index contributed by atoms with van der Waals surface area (Å²) in [6, 6.07) is 4.72. The van der Waals surface area contributed by atoms with Gasteiger partial charge in [0.05, 0.1) is 16.5 Å². The highest BCUT2D eigenvalue weighted by atomic mass is 32.1. The van der Waals surface area contributed by atoms with E-state index in [1.807, 2.05) is 13.0 Å². The van der Waals surface area contributed by atoms with Gasteiger partial charge in [0.1, 0.15) is 5.01 Å². The van der Waals surface area contributed by atoms with E-state index in [1.54, 1.807) is 13.0 Å². The molecule has 0 bridgehead atoms. The second kappa shape index (κ2) is 4.79. The van der Waals surface area contributed by atoms with Crippen LogP contribution in [0.3, 0.4) is 0 Å². The topological polar surface area (TPSA) is 94.9 Å². The monoisotopic (exact) mass is 264 g/mol. The van der Waals surface area contributed by atoms with Gasteiger partial charge in [-0.25, -0.2) is 0 Å². The van der Waals surface area contributed by atoms with E-state index >= 15 is 0 Å². The van der Waals surface area contributed by atoms with Crippen molar-refractivity contribution in [2.45, 2.75) is 19.9 Å². The van der Waals surface area contributed by atoms with Gasteiger partial charge in [0.2, 0.25) is 0 Å². The number of aryl methyl sites for hydroxylation is 1. The van der Waals surface area contributed by atoms with Crippen molar-refractivity contribution in [3.8, 4) is 10.6 Å². The minimum Gasteiger partial charge on any atom is -0.322 e. The minimum atomic E-state index is -0.407. The fourth-order valence-corrected chi connectivity index (χ4v) is 2.52. The summed E-state index contributed by atoms with van der Waals surface area (Å²) < 4.78 is 0. The maximum Gasteiger partial charge on any atom is 0.279 e. The molecule has 1 aromatic heterocycles. The lowest BCUT2D eigenvalue weighted by Crippen LogP contribution is -2.03. The number of benzene rings is 1. The zero-order valence-corrected chi connectivity index (χ0v) is 10.8. The SMILES string of the molecule is Cc1cccc([N+](=O)[O-])c1-c1nnc(C(C)N)s1. The summed E-state index contributed by atoms with van der Waals surface area (Å²) in [5, 5.41) is 20.2. The molecule has 1 heterocycles. The normalized spacial score (nSPS) is 12.4. The molecule has 0 fully saturated rings. The summed E-state index contributed by atoms with van der Waals surface area (Å²) in [5.41, 5.74) is 7.08. The number of nitro groups is 1. The van der Waals surface area contributed by atoms with Crippen LogP contribution < -0.4 is 5.73 Å². The first kappa shape index (κ1) is 12.6. The van der Waals surface area contributed by atoms with Gasteiger partial charge in [0, 0.05) is 6.07 Å². The lowest BCUT2D eigenvalue weighted by molar-refractivity contribution is -0.384. The molecule has 2 aromatic rings. The van der Waals surface area contributed by atoms with Crippen LogP contribution in [0.1, 0.15) is 23.5 Å². The van der Waals surface area contributed by atoms with E-state index in [4.69, 9.17) is 5.73 Å². The van der Waals surface area contributed by atoms with Gasteiger partial charge in [-0.15, -0.1) is 10.2 Å². The highest BCUT2D eigenvalue weighted by molar-refractivity contribution is 7.14. The maximum absolute atomic E-state index is 11.0. The van der Waals surface area contributed by atoms with Crippen molar-refractivity contribution in [3.05, 3.63) is 38.9 Å². The van der Waals surface area contributed by atoms with E-state index in [0.717, 1.165) is 5.56 Å². The quantitative estimate of drug-likeness (QED) is 0.678. The smallest absolute Gasteiger partial charge is 0.279 e. The van der Waals surface area contributed by atoms with Crippen LogP contribution >= 0.6 is 11.3 Å². The van der Waals surface area contributed by atoms with Gasteiger partial charge in [-0.1, -0.05) is 23.5 Å². The Morgan fingerprint density at radius 1 is 1.44 bits per heavy atom. The number of hydrogen-bond donors (Lipinski definition) is 1. The average Bonchev–Trinajstić information content (AvgIpc) is 2.77. The lowest BCUT2D eigenvalue weighted by Gasteiger charge is -2.02. The molecule has 0 amide bonds. The molecule has 0 aliphatic rings. The second-order valence-corrected chi connectivity index (χ2v) is 4.97. The van der Waals surface area contributed by atoms with Crippen molar-refractivity contribution in [2.75, 3.05) is 0 Å². The number of nitrogens with zero attached hydrogens (tertiary/aromatic N) is 3. The van der Waals surface area contributed by atoms with E-state index in [1.165, 1.54) is 17.4 Å². The second-order valence-electron chi connectivity index (χ2n) is 3.96. The van der Waals surface area contributed by atoms with Crippen LogP contribution in [0.15, 0.2) is 18.2 Å². The summed E-state index contributed by atoms with van der Waals surface area (Å²) >= 11 is 1.29. The molecule has 18 heavy (non-hydrogen) atoms. The lowest BCUT2D eigenvalue weighted by atomic mass is 10.1. The molecule has 2 N–H and O–H groups in total. The first-order valence-corrected chi connectivity index (χ1v) is 6.15. The van der Waals surface area contributed by atoms with E-state index in [2.05, 4.69) is 10.2 Å². The molecule has 1 atom stereocenters. The summed E-state index contributed by atoms with van der Waals surface area (Å²) in [6.45, 7) is 3.62. The van der Waals surface area contributed by atoms with Crippen molar-refractivity contribution in [3.63, 3.8) is 0 Å². The van der Waals surface area contributed by atoms with Crippen molar-refractivity contribution in [1.29, 1.82) is 0 Å². The van der Waals surface area contributed by atoms with Crippen molar-refractivity contribution < 1.29 is 4.92 Å². The van der Waals surface area contributed by atoms with Crippen LogP contribution in [0, 0.1) is 17.0 Å². The summed E-state index contributed by atoms with van der Waals surface area (Å²) in [4.78, 5) is 10.6. The van der Waals surface area contributed by atoms with E-state index in [-0.39, 0.29) is 11.7 Å². The first-order valence-electron chi connectivity index (χ1n) is 5.34. The van der Waals surface area contributed by atoms with Crippen LogP contribution in [0.5, 0.6) is 0 Å². The molecule has 0 saturated carbocycles. The van der Waals surface area contributed by atoms with Gasteiger partial charge in [0.25, 0.3) is 5.69 Å². The fourth-order valence-electron chi connectivity index (χ4n) is 1.60. The van der Waals surface area contributed by atoms with Crippen molar-refractivity contribution in [1.82, 2.24) is 10.2 Å². The molecule has 0 spiro atoms. The molecular weight excluding hydrogens is 252 g/mol. The molecule has 0 radical (unpaired) electrons. The molecule has 0 saturated heterocycles. The summed E-state index contributed by atoms with van der Waals surface area (Å²) in [6.07, 6.45) is 0. The zero-order valence-electron chi connectivity index (χ0n) is 9.95. The molecule has 0 aliphatic heterocycles. The third kappa shape index (κ3) is 2.22. The van der Waals surface area contributed by atoms with Gasteiger partial charge < -0.3 is 5.73 Å². The third-order valence-corrected chi connectivity index (χ3v) is 3.63. The standard InChI is InChI=1S/C11H12N4O2S/c1-6-4-3-5-8(15(16)17)9(6)11-14-13-10(18-11)7(2)12/h3-5,7H,12H2,1-2H3. The maximum atomic E-state index is 11.0. The van der Waals surface area contributed by atoms with E-state index in [9.17, 15) is 10.1 Å². The van der Waals surface area contributed by atoms with Gasteiger partial charge in [-0.2, -0.15) is 0 Å². The average molecular weight is 264 g/mol. The first-order chi connectivity index (χ1) is 8.50. The molecule has 7 heteroatoms. The Kier molecular flexibility index (Phi) is 3.35. The van der Waals surface area contributed by atoms with Crippen LogP contribution in [-0.4, -0.2) is 15.1 Å². The Bertz CT molecular complexity index is 594. The van der Waals surface area contributed by atoms with Gasteiger partial charge >= 0.3 is 0 Å². The minimum absolute atomic E-state index is 0.0439. The summed E-state index contributed by atoms with van der Waals surface area (Å²) in [5.74, 6) is 0. The van der Waals surface area contributed by atoms with E-state index in [0.29, 0.717) is 15.6 Å². The van der Waals surface area contributed by atoms with Gasteiger partial charge in [0.15, 0.2) is 5.01 Å². The number of aromatic nitrogens is 2. The fraction of sp³-hybridized carbons (Fsp3) is 0.273. The number of nitro benzene ring substituents is 1. The Morgan fingerprint density at radius 2 is 2.17 bits per heavy atom. The summed E-state index contributed by atoms with van der Waals surface area (Å²) in [7, 11) is 0. The molecule has 0 aliphatic carbocycles. The molecule has 94 valence electrons. The number of hydrogen-bond acceptors (Lipinski definition) is 6. The predicted octanol–water partition coefficient (Wildman–Crippen LogP) is 2.44. The van der Waals surface area contributed by atoms with Crippen molar-refractivity contribution in [2.24, 2.45) is 5.73 Å². The van der Waals surface area contributed by atoms with Crippen molar-refractivity contribution >= 4 is 17.0 Å². The Balaban J connectivity index is 2.58. The van der Waals surface area contributed by atoms with Crippen LogP contribution in [0.2, 0.25) is 0 Å². The predicted molar refractivity (Wildman–Crippen MR) is 69.3 cm³/mol. The zero-order chi connectivity index (χ0) is 13.3. The molecule has 1 unspecified atom stereocenters.